The van der Waals surface area contributed by atoms with Crippen molar-refractivity contribution >= 4 is 27.4 Å². The monoisotopic (exact) mass is 258 g/mol. The van der Waals surface area contributed by atoms with Crippen LogP contribution in [0.25, 0.3) is 0 Å². The number of benzene rings is 1. The van der Waals surface area contributed by atoms with Gasteiger partial charge in [-0.3, -0.25) is 0 Å². The van der Waals surface area contributed by atoms with E-state index in [4.69, 9.17) is 4.74 Å². The van der Waals surface area contributed by atoms with Crippen LogP contribution in [0.4, 0.5) is 0 Å². The Morgan fingerprint density at radius 2 is 1.94 bits per heavy atom. The van der Waals surface area contributed by atoms with Gasteiger partial charge in [0.25, 0.3) is 0 Å². The van der Waals surface area contributed by atoms with Crippen LogP contribution >= 0.6 is 12.2 Å². The van der Waals surface area contributed by atoms with Crippen LogP contribution in [0.5, 0.6) is 5.75 Å². The van der Waals surface area contributed by atoms with Crippen LogP contribution in [0.2, 0.25) is 0 Å². The molecule has 0 bridgehead atoms. The summed E-state index contributed by atoms with van der Waals surface area (Å²) in [6.45, 7) is 0. The SMILES string of the molecule is COc1ccc(CS(=O)(=O)CCC=S)cc1. The van der Waals surface area contributed by atoms with Crippen molar-refractivity contribution in [2.24, 2.45) is 0 Å². The predicted molar refractivity (Wildman–Crippen MR) is 68.8 cm³/mol. The Balaban J connectivity index is 2.68. The molecule has 0 unspecified atom stereocenters. The zero-order chi connectivity index (χ0) is 12.0. The molecule has 5 heteroatoms. The van der Waals surface area contributed by atoms with E-state index < -0.39 is 9.84 Å². The summed E-state index contributed by atoms with van der Waals surface area (Å²) in [5, 5.41) is 1.45. The highest BCUT2D eigenvalue weighted by atomic mass is 32.2. The molecule has 0 spiro atoms. The topological polar surface area (TPSA) is 43.4 Å². The first-order valence-corrected chi connectivity index (χ1v) is 7.13. The average Bonchev–Trinajstić information content (AvgIpc) is 2.27. The van der Waals surface area contributed by atoms with Gasteiger partial charge in [-0.15, -0.1) is 0 Å². The number of hydrogen-bond acceptors (Lipinski definition) is 4. The summed E-state index contributed by atoms with van der Waals surface area (Å²) in [7, 11) is -1.48. The highest BCUT2D eigenvalue weighted by Crippen LogP contribution is 2.14. The van der Waals surface area contributed by atoms with Crippen LogP contribution in [0.1, 0.15) is 12.0 Å². The van der Waals surface area contributed by atoms with E-state index in [2.05, 4.69) is 12.2 Å². The number of methoxy groups -OCH3 is 1. The first kappa shape index (κ1) is 13.1. The van der Waals surface area contributed by atoms with Gasteiger partial charge < -0.3 is 4.74 Å². The summed E-state index contributed by atoms with van der Waals surface area (Å²) in [5.41, 5.74) is 0.769. The smallest absolute Gasteiger partial charge is 0.154 e. The Morgan fingerprint density at radius 3 is 2.44 bits per heavy atom. The van der Waals surface area contributed by atoms with Crippen molar-refractivity contribution in [2.45, 2.75) is 12.2 Å². The van der Waals surface area contributed by atoms with E-state index in [1.165, 1.54) is 5.37 Å². The molecule has 0 radical (unpaired) electrons. The largest absolute Gasteiger partial charge is 0.497 e. The summed E-state index contributed by atoms with van der Waals surface area (Å²) in [5.74, 6) is 0.892. The van der Waals surface area contributed by atoms with E-state index in [-0.39, 0.29) is 11.5 Å². The van der Waals surface area contributed by atoms with Crippen molar-refractivity contribution in [3.05, 3.63) is 29.8 Å². The third-order valence-electron chi connectivity index (χ3n) is 2.09. The first-order chi connectivity index (χ1) is 7.57. The third-order valence-corrected chi connectivity index (χ3v) is 3.96. The summed E-state index contributed by atoms with van der Waals surface area (Å²) in [4.78, 5) is 0. The molecule has 1 rings (SSSR count). The molecule has 0 fully saturated rings. The van der Waals surface area contributed by atoms with E-state index in [0.29, 0.717) is 6.42 Å². The second kappa shape index (κ2) is 5.96. The van der Waals surface area contributed by atoms with Gasteiger partial charge in [0.15, 0.2) is 9.84 Å². The average molecular weight is 258 g/mol. The lowest BCUT2D eigenvalue weighted by Crippen LogP contribution is -2.09. The van der Waals surface area contributed by atoms with Crippen molar-refractivity contribution < 1.29 is 13.2 Å². The Morgan fingerprint density at radius 1 is 1.31 bits per heavy atom. The molecule has 0 N–H and O–H groups in total. The molecule has 1 aromatic rings. The zero-order valence-corrected chi connectivity index (χ0v) is 10.7. The molecule has 1 aromatic carbocycles. The molecule has 0 heterocycles. The van der Waals surface area contributed by atoms with Gasteiger partial charge in [0.1, 0.15) is 5.75 Å². The second-order valence-corrected chi connectivity index (χ2v) is 5.91. The van der Waals surface area contributed by atoms with Crippen LogP contribution in [0.15, 0.2) is 24.3 Å². The Kier molecular flexibility index (Phi) is 4.89. The van der Waals surface area contributed by atoms with E-state index in [9.17, 15) is 8.42 Å². The molecule has 0 saturated heterocycles. The maximum absolute atomic E-state index is 11.6. The van der Waals surface area contributed by atoms with Crippen LogP contribution in [-0.2, 0) is 15.6 Å². The first-order valence-electron chi connectivity index (χ1n) is 4.84. The van der Waals surface area contributed by atoms with Gasteiger partial charge in [-0.25, -0.2) is 8.42 Å². The van der Waals surface area contributed by atoms with E-state index in [0.717, 1.165) is 11.3 Å². The van der Waals surface area contributed by atoms with Gasteiger partial charge in [-0.1, -0.05) is 24.4 Å². The van der Waals surface area contributed by atoms with Crippen molar-refractivity contribution in [2.75, 3.05) is 12.9 Å². The lowest BCUT2D eigenvalue weighted by atomic mass is 10.2. The number of ether oxygens (including phenoxy) is 1. The van der Waals surface area contributed by atoms with E-state index in [1.807, 2.05) is 0 Å². The van der Waals surface area contributed by atoms with Gasteiger partial charge in [-0.2, -0.15) is 0 Å². The highest BCUT2D eigenvalue weighted by Gasteiger charge is 2.10. The molecule has 16 heavy (non-hydrogen) atoms. The fourth-order valence-corrected chi connectivity index (χ4v) is 2.86. The van der Waals surface area contributed by atoms with Gasteiger partial charge in [-0.05, 0) is 29.5 Å². The quantitative estimate of drug-likeness (QED) is 0.732. The zero-order valence-electron chi connectivity index (χ0n) is 9.05. The maximum Gasteiger partial charge on any atom is 0.154 e. The summed E-state index contributed by atoms with van der Waals surface area (Å²) in [6, 6.07) is 7.02. The molecule has 0 atom stereocenters. The van der Waals surface area contributed by atoms with Crippen molar-refractivity contribution in [3.63, 3.8) is 0 Å². The summed E-state index contributed by atoms with van der Waals surface area (Å²) in [6.07, 6.45) is 0.424. The third kappa shape index (κ3) is 4.28. The van der Waals surface area contributed by atoms with Gasteiger partial charge in [0.05, 0.1) is 18.6 Å². The summed E-state index contributed by atoms with van der Waals surface area (Å²) < 4.78 is 28.2. The Hall–Kier alpha value is -0.940. The molecule has 0 saturated carbocycles. The minimum absolute atomic E-state index is 0.0557. The second-order valence-electron chi connectivity index (χ2n) is 3.40. The lowest BCUT2D eigenvalue weighted by Gasteiger charge is -2.04. The molecular formula is C11H14O3S2. The fraction of sp³-hybridized carbons (Fsp3) is 0.364. The molecular weight excluding hydrogens is 244 g/mol. The molecule has 0 aliphatic rings. The Labute approximate surface area is 101 Å². The minimum atomic E-state index is -3.06. The van der Waals surface area contributed by atoms with Crippen molar-refractivity contribution in [1.29, 1.82) is 0 Å². The van der Waals surface area contributed by atoms with Crippen LogP contribution in [-0.4, -0.2) is 26.6 Å². The normalized spacial score (nSPS) is 11.1. The van der Waals surface area contributed by atoms with Gasteiger partial charge in [0.2, 0.25) is 0 Å². The molecule has 0 aromatic heterocycles. The lowest BCUT2D eigenvalue weighted by molar-refractivity contribution is 0.414. The van der Waals surface area contributed by atoms with Crippen molar-refractivity contribution in [3.8, 4) is 5.75 Å². The van der Waals surface area contributed by atoms with Crippen LogP contribution in [0, 0.1) is 0 Å². The highest BCUT2D eigenvalue weighted by molar-refractivity contribution is 7.90. The number of hydrogen-bond donors (Lipinski definition) is 0. The molecule has 0 aliphatic heterocycles. The summed E-state index contributed by atoms with van der Waals surface area (Å²) >= 11 is 4.61. The predicted octanol–water partition coefficient (Wildman–Crippen LogP) is 2.00. The molecule has 3 nitrogen and oxygen atoms in total. The molecule has 0 aliphatic carbocycles. The van der Waals surface area contributed by atoms with Crippen LogP contribution in [0.3, 0.4) is 0 Å². The molecule has 0 amide bonds. The maximum atomic E-state index is 11.6. The Bertz CT molecular complexity index is 435. The standard InChI is InChI=1S/C11H14O3S2/c1-14-11-5-3-10(4-6-11)9-16(12,13)8-2-7-15/h3-7H,2,8-9H2,1H3. The van der Waals surface area contributed by atoms with Crippen LogP contribution < -0.4 is 4.74 Å². The van der Waals surface area contributed by atoms with Crippen molar-refractivity contribution in [1.82, 2.24) is 0 Å². The fourth-order valence-electron chi connectivity index (χ4n) is 1.28. The molecule has 88 valence electrons. The van der Waals surface area contributed by atoms with E-state index >= 15 is 0 Å². The van der Waals surface area contributed by atoms with Gasteiger partial charge >= 0.3 is 0 Å². The number of thiocarbonyl (C=S) groups is 1. The van der Waals surface area contributed by atoms with E-state index in [1.54, 1.807) is 31.4 Å². The number of rotatable bonds is 6. The van der Waals surface area contributed by atoms with Gasteiger partial charge in [0, 0.05) is 0 Å². The number of sulfone groups is 1. The minimum Gasteiger partial charge on any atom is -0.497 e.